The van der Waals surface area contributed by atoms with Gasteiger partial charge in [-0.3, -0.25) is 14.6 Å². The molecule has 5 heteroatoms. The van der Waals surface area contributed by atoms with Crippen LogP contribution in [0.1, 0.15) is 26.2 Å². The molecule has 2 heterocycles. The molecule has 0 aliphatic carbocycles. The number of carbonyl (C=O) groups is 1. The van der Waals surface area contributed by atoms with Crippen molar-refractivity contribution >= 4 is 5.97 Å². The van der Waals surface area contributed by atoms with Gasteiger partial charge in [0, 0.05) is 32.2 Å². The number of hydrogen-bond acceptors (Lipinski definition) is 5. The monoisotopic (exact) mass is 270 g/mol. The molecule has 2 saturated heterocycles. The smallest absolute Gasteiger partial charge is 0.320 e. The van der Waals surface area contributed by atoms with Crippen LogP contribution in [0.5, 0.6) is 0 Å². The fraction of sp³-hybridized carbons (Fsp3) is 0.929. The van der Waals surface area contributed by atoms with Crippen LogP contribution >= 0.6 is 0 Å². The van der Waals surface area contributed by atoms with Gasteiger partial charge in [-0.05, 0) is 12.8 Å². The van der Waals surface area contributed by atoms with Crippen LogP contribution in [0, 0.1) is 0 Å². The summed E-state index contributed by atoms with van der Waals surface area (Å²) >= 11 is 0. The minimum Gasteiger partial charge on any atom is -0.465 e. The molecule has 2 aliphatic rings. The fourth-order valence-electron chi connectivity index (χ4n) is 2.76. The molecule has 5 nitrogen and oxygen atoms in total. The number of carbonyl (C=O) groups excluding carboxylic acids is 1. The van der Waals surface area contributed by atoms with Gasteiger partial charge in [-0.2, -0.15) is 0 Å². The minimum absolute atomic E-state index is 0.0731. The third kappa shape index (κ3) is 4.75. The fourth-order valence-corrected chi connectivity index (χ4v) is 2.76. The Labute approximate surface area is 115 Å². The van der Waals surface area contributed by atoms with Crippen molar-refractivity contribution in [1.82, 2.24) is 9.80 Å². The molecule has 0 amide bonds. The number of hydrogen-bond donors (Lipinski definition) is 0. The molecule has 0 aromatic rings. The first-order valence-corrected chi connectivity index (χ1v) is 7.49. The number of likely N-dealkylation sites (tertiary alicyclic amines) is 1. The Balaban J connectivity index is 1.65. The Hall–Kier alpha value is -0.650. The van der Waals surface area contributed by atoms with E-state index in [1.807, 2.05) is 0 Å². The third-order valence-corrected chi connectivity index (χ3v) is 3.92. The van der Waals surface area contributed by atoms with Crippen LogP contribution in [0.2, 0.25) is 0 Å². The van der Waals surface area contributed by atoms with E-state index in [-0.39, 0.29) is 5.97 Å². The minimum atomic E-state index is -0.0731. The van der Waals surface area contributed by atoms with E-state index >= 15 is 0 Å². The predicted molar refractivity (Wildman–Crippen MR) is 73.1 cm³/mol. The van der Waals surface area contributed by atoms with E-state index in [2.05, 4.69) is 16.7 Å². The first-order chi connectivity index (χ1) is 9.29. The van der Waals surface area contributed by atoms with Crippen molar-refractivity contribution in [2.45, 2.75) is 32.2 Å². The number of esters is 1. The van der Waals surface area contributed by atoms with Crippen molar-refractivity contribution in [3.63, 3.8) is 0 Å². The van der Waals surface area contributed by atoms with Gasteiger partial charge in [-0.15, -0.1) is 0 Å². The van der Waals surface area contributed by atoms with Gasteiger partial charge in [0.2, 0.25) is 0 Å². The zero-order valence-corrected chi connectivity index (χ0v) is 12.0. The number of morpholine rings is 1. The van der Waals surface area contributed by atoms with Crippen molar-refractivity contribution < 1.29 is 14.3 Å². The van der Waals surface area contributed by atoms with E-state index in [0.29, 0.717) is 19.2 Å². The van der Waals surface area contributed by atoms with E-state index in [1.165, 1.54) is 0 Å². The summed E-state index contributed by atoms with van der Waals surface area (Å²) in [5.74, 6) is -0.0731. The van der Waals surface area contributed by atoms with Gasteiger partial charge in [0.15, 0.2) is 0 Å². The van der Waals surface area contributed by atoms with E-state index in [9.17, 15) is 4.79 Å². The first-order valence-electron chi connectivity index (χ1n) is 7.49. The van der Waals surface area contributed by atoms with Gasteiger partial charge in [0.1, 0.15) is 0 Å². The van der Waals surface area contributed by atoms with Crippen LogP contribution in [0.15, 0.2) is 0 Å². The standard InChI is InChI=1S/C14H26N2O3/c1-2-3-8-19-14(17)12-15-5-4-13(11-15)16-6-9-18-10-7-16/h13H,2-12H2,1H3. The summed E-state index contributed by atoms with van der Waals surface area (Å²) in [7, 11) is 0. The molecule has 110 valence electrons. The van der Waals surface area contributed by atoms with Crippen LogP contribution in [0.4, 0.5) is 0 Å². The summed E-state index contributed by atoms with van der Waals surface area (Å²) in [6.07, 6.45) is 3.18. The largest absolute Gasteiger partial charge is 0.465 e. The van der Waals surface area contributed by atoms with Gasteiger partial charge in [0.05, 0.1) is 26.4 Å². The van der Waals surface area contributed by atoms with Crippen molar-refractivity contribution in [3.8, 4) is 0 Å². The summed E-state index contributed by atoms with van der Waals surface area (Å²) in [5.41, 5.74) is 0. The summed E-state index contributed by atoms with van der Waals surface area (Å²) in [6.45, 7) is 8.85. The second kappa shape index (κ2) is 7.82. The summed E-state index contributed by atoms with van der Waals surface area (Å²) in [6, 6.07) is 0.590. The molecule has 2 aliphatic heterocycles. The molecule has 2 fully saturated rings. The molecule has 0 aromatic heterocycles. The Morgan fingerprint density at radius 1 is 1.32 bits per heavy atom. The predicted octanol–water partition coefficient (Wildman–Crippen LogP) is 0.736. The number of unbranched alkanes of at least 4 members (excludes halogenated alkanes) is 1. The molecule has 0 aromatic carbocycles. The third-order valence-electron chi connectivity index (χ3n) is 3.92. The Morgan fingerprint density at radius 3 is 2.84 bits per heavy atom. The lowest BCUT2D eigenvalue weighted by atomic mass is 10.2. The number of ether oxygens (including phenoxy) is 2. The van der Waals surface area contributed by atoms with Crippen molar-refractivity contribution in [2.24, 2.45) is 0 Å². The van der Waals surface area contributed by atoms with E-state index in [4.69, 9.17) is 9.47 Å². The number of rotatable bonds is 6. The van der Waals surface area contributed by atoms with Crippen LogP contribution in [-0.2, 0) is 14.3 Å². The van der Waals surface area contributed by atoms with Gasteiger partial charge in [0.25, 0.3) is 0 Å². The Kier molecular flexibility index (Phi) is 6.07. The van der Waals surface area contributed by atoms with Crippen molar-refractivity contribution in [2.75, 3.05) is 52.5 Å². The molecular weight excluding hydrogens is 244 g/mol. The quantitative estimate of drug-likeness (QED) is 0.526. The molecule has 0 spiro atoms. The highest BCUT2D eigenvalue weighted by Gasteiger charge is 2.29. The lowest BCUT2D eigenvalue weighted by Crippen LogP contribution is -2.45. The average molecular weight is 270 g/mol. The van der Waals surface area contributed by atoms with Crippen LogP contribution in [-0.4, -0.2) is 74.4 Å². The van der Waals surface area contributed by atoms with Crippen LogP contribution < -0.4 is 0 Å². The molecule has 2 rings (SSSR count). The first kappa shape index (κ1) is 14.8. The van der Waals surface area contributed by atoms with E-state index in [1.54, 1.807) is 0 Å². The second-order valence-electron chi connectivity index (χ2n) is 5.40. The maximum atomic E-state index is 11.7. The van der Waals surface area contributed by atoms with Crippen LogP contribution in [0.3, 0.4) is 0 Å². The molecule has 19 heavy (non-hydrogen) atoms. The molecule has 0 radical (unpaired) electrons. The summed E-state index contributed by atoms with van der Waals surface area (Å²) in [4.78, 5) is 16.4. The average Bonchev–Trinajstić information content (AvgIpc) is 2.88. The maximum absolute atomic E-state index is 11.7. The van der Waals surface area contributed by atoms with Gasteiger partial charge in [-0.25, -0.2) is 0 Å². The molecule has 1 unspecified atom stereocenters. The highest BCUT2D eigenvalue weighted by atomic mass is 16.5. The lowest BCUT2D eigenvalue weighted by Gasteiger charge is -2.32. The van der Waals surface area contributed by atoms with Gasteiger partial charge < -0.3 is 9.47 Å². The van der Waals surface area contributed by atoms with E-state index in [0.717, 1.165) is 58.7 Å². The molecule has 0 saturated carbocycles. The summed E-state index contributed by atoms with van der Waals surface area (Å²) in [5, 5.41) is 0. The maximum Gasteiger partial charge on any atom is 0.320 e. The Bertz CT molecular complexity index is 280. The van der Waals surface area contributed by atoms with E-state index < -0.39 is 0 Å². The van der Waals surface area contributed by atoms with Gasteiger partial charge in [-0.1, -0.05) is 13.3 Å². The zero-order valence-electron chi connectivity index (χ0n) is 12.0. The molecular formula is C14H26N2O3. The van der Waals surface area contributed by atoms with Gasteiger partial charge >= 0.3 is 5.97 Å². The molecule has 0 N–H and O–H groups in total. The molecule has 0 bridgehead atoms. The lowest BCUT2D eigenvalue weighted by molar-refractivity contribution is -0.144. The topological polar surface area (TPSA) is 42.0 Å². The second-order valence-corrected chi connectivity index (χ2v) is 5.40. The SMILES string of the molecule is CCCCOC(=O)CN1CCC(N2CCOCC2)C1. The highest BCUT2D eigenvalue weighted by molar-refractivity contribution is 5.71. The Morgan fingerprint density at radius 2 is 2.11 bits per heavy atom. The summed E-state index contributed by atoms with van der Waals surface area (Å²) < 4.78 is 10.6. The van der Waals surface area contributed by atoms with Crippen molar-refractivity contribution in [1.29, 1.82) is 0 Å². The zero-order chi connectivity index (χ0) is 13.5. The normalized spacial score (nSPS) is 25.6. The highest BCUT2D eigenvalue weighted by Crippen LogP contribution is 2.16. The van der Waals surface area contributed by atoms with Crippen molar-refractivity contribution in [3.05, 3.63) is 0 Å². The number of nitrogens with zero attached hydrogens (tertiary/aromatic N) is 2. The van der Waals surface area contributed by atoms with Crippen LogP contribution in [0.25, 0.3) is 0 Å². The molecule has 1 atom stereocenters.